The van der Waals surface area contributed by atoms with E-state index in [1.165, 1.54) is 11.1 Å². The zero-order valence-electron chi connectivity index (χ0n) is 24.7. The molecular formula is C35H35IrN3OSi-2. The normalized spacial score (nSPS) is 11.6. The van der Waals surface area contributed by atoms with E-state index in [0.29, 0.717) is 0 Å². The number of fused-ring (bicyclic) bond motifs is 3. The molecule has 6 aromatic rings. The molecule has 6 rings (SSSR count). The van der Waals surface area contributed by atoms with E-state index in [0.717, 1.165) is 49.8 Å². The molecule has 4 nitrogen and oxygen atoms in total. The van der Waals surface area contributed by atoms with E-state index in [1.54, 1.807) is 0 Å². The van der Waals surface area contributed by atoms with Gasteiger partial charge >= 0.3 is 0 Å². The number of rotatable bonds is 3. The van der Waals surface area contributed by atoms with Crippen molar-refractivity contribution in [2.75, 3.05) is 0 Å². The number of aryl methyl sites for hydroxylation is 1. The van der Waals surface area contributed by atoms with Gasteiger partial charge < -0.3 is 19.4 Å². The molecule has 0 saturated carbocycles. The molecule has 0 fully saturated rings. The van der Waals surface area contributed by atoms with Gasteiger partial charge in [0.25, 0.3) is 0 Å². The van der Waals surface area contributed by atoms with E-state index >= 15 is 0 Å². The Labute approximate surface area is 257 Å². The van der Waals surface area contributed by atoms with E-state index in [2.05, 4.69) is 93.0 Å². The van der Waals surface area contributed by atoms with E-state index in [9.17, 15) is 0 Å². The van der Waals surface area contributed by atoms with Crippen LogP contribution in [0, 0.1) is 19.2 Å². The fourth-order valence-corrected chi connectivity index (χ4v) is 5.99. The van der Waals surface area contributed by atoms with Crippen molar-refractivity contribution < 1.29 is 24.5 Å². The van der Waals surface area contributed by atoms with Gasteiger partial charge in [0.1, 0.15) is 5.58 Å². The standard InChI is InChI=1S/C23H25N2OSi.C12H10N.Ir/c1-23(2,3)15-11-12-24-18(13-15)17-14-25-22(27(4,5)6)20-16-9-7-8-10-19(16)26-21(17)20;1-10-7-8-12(13-9-10)11-5-3-2-4-6-11;/h7-13H,1-6H3;2-5,7-9H,1H3;/q2*-1;. The number of aromatic nitrogens is 3. The van der Waals surface area contributed by atoms with Crippen molar-refractivity contribution >= 4 is 35.3 Å². The molecule has 211 valence electrons. The summed E-state index contributed by atoms with van der Waals surface area (Å²) in [5.41, 5.74) is 7.93. The molecule has 4 aromatic heterocycles. The summed E-state index contributed by atoms with van der Waals surface area (Å²) in [5, 5.41) is 3.39. The van der Waals surface area contributed by atoms with Gasteiger partial charge in [0, 0.05) is 37.9 Å². The van der Waals surface area contributed by atoms with Gasteiger partial charge in [0.2, 0.25) is 0 Å². The second-order valence-electron chi connectivity index (χ2n) is 12.2. The Balaban J connectivity index is 0.000000233. The second-order valence-corrected chi connectivity index (χ2v) is 17.1. The molecule has 6 heteroatoms. The predicted molar refractivity (Wildman–Crippen MR) is 169 cm³/mol. The maximum absolute atomic E-state index is 6.31. The Morgan fingerprint density at radius 1 is 0.854 bits per heavy atom. The van der Waals surface area contributed by atoms with Crippen LogP contribution in [0.15, 0.2) is 89.6 Å². The number of pyridine rings is 3. The first-order valence-electron chi connectivity index (χ1n) is 13.6. The van der Waals surface area contributed by atoms with Crippen LogP contribution in [-0.4, -0.2) is 23.0 Å². The molecule has 0 aliphatic heterocycles. The van der Waals surface area contributed by atoms with Crippen LogP contribution >= 0.6 is 0 Å². The molecule has 41 heavy (non-hydrogen) atoms. The maximum atomic E-state index is 6.31. The topological polar surface area (TPSA) is 51.8 Å². The Bertz CT molecular complexity index is 1770. The molecule has 0 saturated heterocycles. The fourth-order valence-electron chi connectivity index (χ4n) is 4.60. The first kappa shape index (κ1) is 30.5. The quantitative estimate of drug-likeness (QED) is 0.135. The SMILES string of the molecule is CC(C)(C)c1ccnc(-c2[c-]nc([Si](C)(C)C)c3c2oc2ccccc23)c1.Cc1ccc(-c2[c-]cccc2)nc1.[Ir]. The largest absolute Gasteiger partial charge is 0.500 e. The van der Waals surface area contributed by atoms with E-state index in [-0.39, 0.29) is 25.5 Å². The minimum atomic E-state index is -1.67. The molecule has 0 aliphatic rings. The first-order valence-corrected chi connectivity index (χ1v) is 17.1. The van der Waals surface area contributed by atoms with Crippen LogP contribution in [-0.2, 0) is 25.5 Å². The summed E-state index contributed by atoms with van der Waals surface area (Å²) in [6.45, 7) is 15.6. The summed E-state index contributed by atoms with van der Waals surface area (Å²) in [6.07, 6.45) is 7.01. The molecule has 0 amide bonds. The molecule has 0 atom stereocenters. The zero-order valence-corrected chi connectivity index (χ0v) is 28.1. The van der Waals surface area contributed by atoms with Crippen molar-refractivity contribution in [1.82, 2.24) is 15.0 Å². The van der Waals surface area contributed by atoms with Crippen LogP contribution in [0.1, 0.15) is 31.9 Å². The summed E-state index contributed by atoms with van der Waals surface area (Å²) in [6, 6.07) is 27.5. The average molecular weight is 734 g/mol. The van der Waals surface area contributed by atoms with Gasteiger partial charge in [-0.1, -0.05) is 82.4 Å². The van der Waals surface area contributed by atoms with Crippen LogP contribution in [0.2, 0.25) is 19.6 Å². The molecule has 4 heterocycles. The first-order chi connectivity index (χ1) is 19.0. The smallest absolute Gasteiger partial charge is 0.121 e. The molecule has 0 unspecified atom stereocenters. The molecule has 0 aliphatic carbocycles. The summed E-state index contributed by atoms with van der Waals surface area (Å²) in [4.78, 5) is 13.7. The number of para-hydroxylation sites is 1. The van der Waals surface area contributed by atoms with Crippen molar-refractivity contribution in [3.05, 3.63) is 109 Å². The molecule has 0 bridgehead atoms. The number of hydrogen-bond donors (Lipinski definition) is 0. The molecule has 1 radical (unpaired) electrons. The summed E-state index contributed by atoms with van der Waals surface area (Å²) >= 11 is 0. The van der Waals surface area contributed by atoms with Gasteiger partial charge in [0.05, 0.1) is 13.7 Å². The van der Waals surface area contributed by atoms with Gasteiger partial charge in [0.15, 0.2) is 0 Å². The van der Waals surface area contributed by atoms with Gasteiger partial charge in [-0.05, 0) is 63.9 Å². The number of nitrogens with zero attached hydrogens (tertiary/aromatic N) is 3. The van der Waals surface area contributed by atoms with Crippen LogP contribution in [0.4, 0.5) is 0 Å². The number of hydrogen-bond acceptors (Lipinski definition) is 4. The monoisotopic (exact) mass is 734 g/mol. The van der Waals surface area contributed by atoms with Crippen molar-refractivity contribution in [1.29, 1.82) is 0 Å². The van der Waals surface area contributed by atoms with Gasteiger partial charge in [-0.3, -0.25) is 0 Å². The predicted octanol–water partition coefficient (Wildman–Crippen LogP) is 8.54. The van der Waals surface area contributed by atoms with Crippen LogP contribution in [0.3, 0.4) is 0 Å². The Morgan fingerprint density at radius 3 is 2.27 bits per heavy atom. The Hall–Kier alpha value is -3.44. The Kier molecular flexibility index (Phi) is 9.08. The van der Waals surface area contributed by atoms with Gasteiger partial charge in [-0.2, -0.15) is 0 Å². The summed E-state index contributed by atoms with van der Waals surface area (Å²) in [5.74, 6) is 0. The van der Waals surface area contributed by atoms with Crippen molar-refractivity contribution in [3.63, 3.8) is 0 Å². The van der Waals surface area contributed by atoms with E-state index in [4.69, 9.17) is 9.40 Å². The van der Waals surface area contributed by atoms with Crippen LogP contribution in [0.5, 0.6) is 0 Å². The van der Waals surface area contributed by atoms with Crippen molar-refractivity contribution in [2.24, 2.45) is 0 Å². The maximum Gasteiger partial charge on any atom is 0.121 e. The summed E-state index contributed by atoms with van der Waals surface area (Å²) in [7, 11) is -1.67. The van der Waals surface area contributed by atoms with Crippen molar-refractivity contribution in [3.8, 4) is 22.5 Å². The third-order valence-electron chi connectivity index (χ3n) is 6.83. The number of furan rings is 1. The number of benzene rings is 2. The van der Waals surface area contributed by atoms with Gasteiger partial charge in [-0.25, -0.2) is 0 Å². The molecule has 2 aromatic carbocycles. The molecular weight excluding hydrogens is 699 g/mol. The summed E-state index contributed by atoms with van der Waals surface area (Å²) < 4.78 is 6.31. The minimum Gasteiger partial charge on any atom is -0.500 e. The zero-order chi connectivity index (χ0) is 28.5. The molecule has 0 spiro atoms. The Morgan fingerprint density at radius 2 is 1.61 bits per heavy atom. The van der Waals surface area contributed by atoms with Crippen molar-refractivity contribution in [2.45, 2.75) is 52.8 Å². The van der Waals surface area contributed by atoms with E-state index in [1.807, 2.05) is 61.8 Å². The minimum absolute atomic E-state index is 0. The van der Waals surface area contributed by atoms with Gasteiger partial charge in [-0.15, -0.1) is 35.9 Å². The van der Waals surface area contributed by atoms with E-state index < -0.39 is 8.07 Å². The fraction of sp³-hybridized carbons (Fsp3) is 0.229. The average Bonchev–Trinajstić information content (AvgIpc) is 3.32. The third kappa shape index (κ3) is 6.73. The third-order valence-corrected chi connectivity index (χ3v) is 8.61. The van der Waals surface area contributed by atoms with Crippen LogP contribution in [0.25, 0.3) is 44.5 Å². The van der Waals surface area contributed by atoms with Crippen LogP contribution < -0.4 is 5.32 Å². The molecule has 0 N–H and O–H groups in total. The second kappa shape index (κ2) is 12.2.